The fraction of sp³-hybridized carbons (Fsp3) is 0.500. The highest BCUT2D eigenvalue weighted by Gasteiger charge is 2.09. The van der Waals surface area contributed by atoms with Crippen LogP contribution in [0.3, 0.4) is 0 Å². The van der Waals surface area contributed by atoms with Crippen molar-refractivity contribution in [3.8, 4) is 5.75 Å². The molecular formula is C12H17NO2. The van der Waals surface area contributed by atoms with Crippen LogP contribution >= 0.6 is 0 Å². The fourth-order valence-corrected chi connectivity index (χ4v) is 1.61. The van der Waals surface area contributed by atoms with Gasteiger partial charge in [0.25, 0.3) is 0 Å². The zero-order valence-corrected chi connectivity index (χ0v) is 9.76. The van der Waals surface area contributed by atoms with Gasteiger partial charge in [-0.15, -0.1) is 0 Å². The number of hydrogen-bond donors (Lipinski definition) is 0. The molecule has 0 spiro atoms. The largest absolute Gasteiger partial charge is 0.496 e. The molecule has 0 atom stereocenters. The molecule has 15 heavy (non-hydrogen) atoms. The predicted octanol–water partition coefficient (Wildman–Crippen LogP) is 2.23. The van der Waals surface area contributed by atoms with Crippen LogP contribution in [-0.4, -0.2) is 17.9 Å². The molecule has 0 aromatic carbocycles. The minimum atomic E-state index is 0.192. The third kappa shape index (κ3) is 3.05. The highest BCUT2D eigenvalue weighted by Crippen LogP contribution is 2.23. The molecule has 0 amide bonds. The van der Waals surface area contributed by atoms with Crippen LogP contribution < -0.4 is 4.74 Å². The summed E-state index contributed by atoms with van der Waals surface area (Å²) in [5.74, 6) is 1.03. The average molecular weight is 207 g/mol. The van der Waals surface area contributed by atoms with E-state index in [0.29, 0.717) is 12.8 Å². The Morgan fingerprint density at radius 3 is 2.67 bits per heavy atom. The summed E-state index contributed by atoms with van der Waals surface area (Å²) in [6.07, 6.45) is 1.25. The lowest BCUT2D eigenvalue weighted by atomic mass is 10.1. The first-order chi connectivity index (χ1) is 7.04. The van der Waals surface area contributed by atoms with Crippen LogP contribution in [0.15, 0.2) is 6.07 Å². The molecule has 1 rings (SSSR count). The maximum atomic E-state index is 10.9. The Bertz CT molecular complexity index is 372. The first-order valence-electron chi connectivity index (χ1n) is 5.05. The lowest BCUT2D eigenvalue weighted by molar-refractivity contribution is -0.116. The Balaban J connectivity index is 2.98. The summed E-state index contributed by atoms with van der Waals surface area (Å²) in [5, 5.41) is 0. The van der Waals surface area contributed by atoms with Crippen LogP contribution in [0.25, 0.3) is 0 Å². The summed E-state index contributed by atoms with van der Waals surface area (Å²) >= 11 is 0. The summed E-state index contributed by atoms with van der Waals surface area (Å²) in [5.41, 5.74) is 2.93. The Kier molecular flexibility index (Phi) is 3.83. The summed E-state index contributed by atoms with van der Waals surface area (Å²) in [6, 6.07) is 1.91. The zero-order chi connectivity index (χ0) is 11.4. The van der Waals surface area contributed by atoms with Crippen LogP contribution in [0.2, 0.25) is 0 Å². The minimum Gasteiger partial charge on any atom is -0.496 e. The number of ketones is 1. The van der Waals surface area contributed by atoms with Gasteiger partial charge >= 0.3 is 0 Å². The van der Waals surface area contributed by atoms with Crippen LogP contribution in [0.1, 0.15) is 30.3 Å². The lowest BCUT2D eigenvalue weighted by Crippen LogP contribution is -2.02. The van der Waals surface area contributed by atoms with Gasteiger partial charge in [-0.2, -0.15) is 0 Å². The highest BCUT2D eigenvalue weighted by atomic mass is 16.5. The number of Topliss-reactive ketones (excluding diaryl/α,β-unsaturated/α-hetero) is 1. The van der Waals surface area contributed by atoms with Crippen molar-refractivity contribution in [2.75, 3.05) is 7.11 Å². The summed E-state index contributed by atoms with van der Waals surface area (Å²) in [4.78, 5) is 15.3. The molecule has 0 aliphatic carbocycles. The van der Waals surface area contributed by atoms with Crippen molar-refractivity contribution in [2.45, 2.75) is 33.6 Å². The molecule has 0 aliphatic rings. The highest BCUT2D eigenvalue weighted by molar-refractivity contribution is 5.75. The van der Waals surface area contributed by atoms with E-state index in [1.54, 1.807) is 14.0 Å². The van der Waals surface area contributed by atoms with E-state index in [9.17, 15) is 4.79 Å². The van der Waals surface area contributed by atoms with Gasteiger partial charge in [0.1, 0.15) is 11.5 Å². The van der Waals surface area contributed by atoms with Gasteiger partial charge in [-0.25, -0.2) is 0 Å². The van der Waals surface area contributed by atoms with Gasteiger partial charge in [-0.1, -0.05) is 0 Å². The number of pyridine rings is 1. The molecule has 0 radical (unpaired) electrons. The van der Waals surface area contributed by atoms with Crippen molar-refractivity contribution < 1.29 is 9.53 Å². The molecule has 82 valence electrons. The van der Waals surface area contributed by atoms with E-state index in [4.69, 9.17) is 4.74 Å². The Labute approximate surface area is 90.5 Å². The molecule has 1 aromatic heterocycles. The van der Waals surface area contributed by atoms with Crippen molar-refractivity contribution >= 4 is 5.78 Å². The molecule has 0 N–H and O–H groups in total. The number of ether oxygens (including phenoxy) is 1. The maximum absolute atomic E-state index is 10.9. The topological polar surface area (TPSA) is 39.2 Å². The van der Waals surface area contributed by atoms with Gasteiger partial charge in [0.2, 0.25) is 0 Å². The normalized spacial score (nSPS) is 10.1. The molecule has 0 saturated heterocycles. The van der Waals surface area contributed by atoms with Crippen molar-refractivity contribution in [3.63, 3.8) is 0 Å². The van der Waals surface area contributed by atoms with Gasteiger partial charge < -0.3 is 9.53 Å². The molecule has 1 heterocycles. The SMILES string of the molecule is COc1cc(C)nc(C)c1CCC(C)=O. The molecule has 1 aromatic rings. The van der Waals surface area contributed by atoms with Crippen molar-refractivity contribution in [2.24, 2.45) is 0 Å². The van der Waals surface area contributed by atoms with E-state index < -0.39 is 0 Å². The predicted molar refractivity (Wildman–Crippen MR) is 59.3 cm³/mol. The Hall–Kier alpha value is -1.38. The summed E-state index contributed by atoms with van der Waals surface area (Å²) < 4.78 is 5.29. The van der Waals surface area contributed by atoms with E-state index in [2.05, 4.69) is 4.98 Å². The fourth-order valence-electron chi connectivity index (χ4n) is 1.61. The van der Waals surface area contributed by atoms with Gasteiger partial charge in [-0.3, -0.25) is 4.98 Å². The number of methoxy groups -OCH3 is 1. The first kappa shape index (κ1) is 11.7. The maximum Gasteiger partial charge on any atom is 0.130 e. The van der Waals surface area contributed by atoms with Crippen molar-refractivity contribution in [3.05, 3.63) is 23.0 Å². The molecule has 0 bridgehead atoms. The number of aryl methyl sites for hydroxylation is 2. The number of rotatable bonds is 4. The van der Waals surface area contributed by atoms with Gasteiger partial charge in [0, 0.05) is 29.4 Å². The lowest BCUT2D eigenvalue weighted by Gasteiger charge is -2.11. The molecular weight excluding hydrogens is 190 g/mol. The third-order valence-electron chi connectivity index (χ3n) is 2.37. The molecule has 3 nitrogen and oxygen atoms in total. The second-order valence-electron chi connectivity index (χ2n) is 3.73. The number of carbonyl (C=O) groups is 1. The summed E-state index contributed by atoms with van der Waals surface area (Å²) in [7, 11) is 1.64. The standard InChI is InChI=1S/C12H17NO2/c1-8-7-12(15-4)11(10(3)13-8)6-5-9(2)14/h7H,5-6H2,1-4H3. The van der Waals surface area contributed by atoms with Crippen molar-refractivity contribution in [1.82, 2.24) is 4.98 Å². The molecule has 0 saturated carbocycles. The van der Waals surface area contributed by atoms with E-state index in [-0.39, 0.29) is 5.78 Å². The second kappa shape index (κ2) is 4.91. The summed E-state index contributed by atoms with van der Waals surface area (Å²) in [6.45, 7) is 5.48. The third-order valence-corrected chi connectivity index (χ3v) is 2.37. The monoisotopic (exact) mass is 207 g/mol. The second-order valence-corrected chi connectivity index (χ2v) is 3.73. The van der Waals surface area contributed by atoms with E-state index in [0.717, 1.165) is 22.7 Å². The molecule has 0 aliphatic heterocycles. The average Bonchev–Trinajstić information content (AvgIpc) is 2.14. The number of hydrogen-bond acceptors (Lipinski definition) is 3. The number of carbonyl (C=O) groups excluding carboxylic acids is 1. The van der Waals surface area contributed by atoms with Gasteiger partial charge in [0.15, 0.2) is 0 Å². The number of nitrogens with zero attached hydrogens (tertiary/aromatic N) is 1. The molecule has 3 heteroatoms. The first-order valence-corrected chi connectivity index (χ1v) is 5.05. The van der Waals surface area contributed by atoms with Gasteiger partial charge in [0.05, 0.1) is 7.11 Å². The van der Waals surface area contributed by atoms with Crippen LogP contribution in [0, 0.1) is 13.8 Å². The van der Waals surface area contributed by atoms with Crippen LogP contribution in [0.5, 0.6) is 5.75 Å². The quantitative estimate of drug-likeness (QED) is 0.760. The van der Waals surface area contributed by atoms with E-state index in [1.807, 2.05) is 19.9 Å². The molecule has 0 fully saturated rings. The minimum absolute atomic E-state index is 0.192. The molecule has 0 unspecified atom stereocenters. The number of aromatic nitrogens is 1. The van der Waals surface area contributed by atoms with Gasteiger partial charge in [-0.05, 0) is 27.2 Å². The Morgan fingerprint density at radius 1 is 1.47 bits per heavy atom. The zero-order valence-electron chi connectivity index (χ0n) is 9.76. The smallest absolute Gasteiger partial charge is 0.130 e. The van der Waals surface area contributed by atoms with Crippen LogP contribution in [0.4, 0.5) is 0 Å². The van der Waals surface area contributed by atoms with Crippen LogP contribution in [-0.2, 0) is 11.2 Å². The van der Waals surface area contributed by atoms with Crippen molar-refractivity contribution in [1.29, 1.82) is 0 Å². The van der Waals surface area contributed by atoms with E-state index in [1.165, 1.54) is 0 Å². The Morgan fingerprint density at radius 2 is 2.13 bits per heavy atom. The van der Waals surface area contributed by atoms with E-state index >= 15 is 0 Å².